The second kappa shape index (κ2) is 6.94. The summed E-state index contributed by atoms with van der Waals surface area (Å²) in [5.74, 6) is 0.391. The van der Waals surface area contributed by atoms with Crippen molar-refractivity contribution in [3.05, 3.63) is 42.1 Å². The van der Waals surface area contributed by atoms with Gasteiger partial charge in [0.25, 0.3) is 0 Å². The van der Waals surface area contributed by atoms with Gasteiger partial charge in [-0.05, 0) is 26.0 Å². The minimum atomic E-state index is -0.423. The number of anilines is 3. The number of amides is 1. The molecule has 2 aromatic heterocycles. The smallest absolute Gasteiger partial charge is 0.237 e. The van der Waals surface area contributed by atoms with Gasteiger partial charge < -0.3 is 16.8 Å². The maximum absolute atomic E-state index is 12.6. The second-order valence-electron chi connectivity index (χ2n) is 5.58. The molecule has 1 amide bonds. The Kier molecular flexibility index (Phi) is 4.71. The van der Waals surface area contributed by atoms with Crippen LogP contribution in [0.25, 0.3) is 10.9 Å². The molecule has 0 saturated heterocycles. The molecule has 1 atom stereocenters. The summed E-state index contributed by atoms with van der Waals surface area (Å²) in [4.78, 5) is 25.2. The van der Waals surface area contributed by atoms with E-state index in [1.807, 2.05) is 37.3 Å². The third-order valence-corrected chi connectivity index (χ3v) is 4.46. The van der Waals surface area contributed by atoms with E-state index in [1.54, 1.807) is 6.92 Å². The number of aryl methyl sites for hydroxylation is 1. The van der Waals surface area contributed by atoms with Crippen molar-refractivity contribution in [3.63, 3.8) is 0 Å². The Labute approximate surface area is 149 Å². The summed E-state index contributed by atoms with van der Waals surface area (Å²) in [6.45, 7) is 3.67. The fourth-order valence-electron chi connectivity index (χ4n) is 2.37. The predicted octanol–water partition coefficient (Wildman–Crippen LogP) is 2.62. The largest absolute Gasteiger partial charge is 0.383 e. The van der Waals surface area contributed by atoms with Crippen molar-refractivity contribution in [1.82, 2.24) is 15.0 Å². The molecule has 128 valence electrons. The summed E-state index contributed by atoms with van der Waals surface area (Å²) in [6.07, 6.45) is 0. The molecule has 1 aromatic carbocycles. The highest BCUT2D eigenvalue weighted by Gasteiger charge is 2.18. The van der Waals surface area contributed by atoms with Gasteiger partial charge in [0, 0.05) is 17.1 Å². The number of benzene rings is 1. The van der Waals surface area contributed by atoms with Crippen molar-refractivity contribution >= 4 is 45.9 Å². The van der Waals surface area contributed by atoms with E-state index in [1.165, 1.54) is 17.8 Å². The monoisotopic (exact) mass is 354 g/mol. The number of carbonyl (C=O) groups is 1. The van der Waals surface area contributed by atoms with Gasteiger partial charge in [-0.3, -0.25) is 9.78 Å². The Balaban J connectivity index is 1.80. The minimum Gasteiger partial charge on any atom is -0.383 e. The molecule has 0 aliphatic rings. The van der Waals surface area contributed by atoms with Crippen LogP contribution in [0, 0.1) is 6.92 Å². The third kappa shape index (κ3) is 3.97. The van der Waals surface area contributed by atoms with Crippen LogP contribution in [0.1, 0.15) is 12.6 Å². The summed E-state index contributed by atoms with van der Waals surface area (Å²) >= 11 is 1.20. The number of pyridine rings is 1. The molecule has 0 aliphatic heterocycles. The lowest BCUT2D eigenvalue weighted by atomic mass is 10.1. The van der Waals surface area contributed by atoms with Crippen LogP contribution >= 0.6 is 11.8 Å². The number of nitrogens with one attached hydrogen (secondary N) is 1. The second-order valence-corrected chi connectivity index (χ2v) is 6.89. The van der Waals surface area contributed by atoms with Crippen LogP contribution in [0.3, 0.4) is 0 Å². The van der Waals surface area contributed by atoms with Gasteiger partial charge in [-0.25, -0.2) is 9.97 Å². The molecule has 0 saturated carbocycles. The quantitative estimate of drug-likeness (QED) is 0.486. The maximum atomic E-state index is 12.6. The number of nitrogens with zero attached hydrogens (tertiary/aromatic N) is 3. The lowest BCUT2D eigenvalue weighted by Crippen LogP contribution is -2.23. The zero-order valence-corrected chi connectivity index (χ0v) is 14.7. The summed E-state index contributed by atoms with van der Waals surface area (Å²) in [5.41, 5.74) is 13.7. The van der Waals surface area contributed by atoms with Gasteiger partial charge in [0.1, 0.15) is 11.6 Å². The number of aromatic nitrogens is 3. The minimum absolute atomic E-state index is 0.162. The van der Waals surface area contributed by atoms with E-state index in [4.69, 9.17) is 11.5 Å². The fraction of sp³-hybridized carbons (Fsp3) is 0.176. The number of carbonyl (C=O) groups excluding carboxylic acids is 1. The number of hydrogen-bond donors (Lipinski definition) is 3. The van der Waals surface area contributed by atoms with E-state index in [2.05, 4.69) is 20.3 Å². The van der Waals surface area contributed by atoms with E-state index in [9.17, 15) is 4.79 Å². The molecule has 0 fully saturated rings. The van der Waals surface area contributed by atoms with E-state index in [-0.39, 0.29) is 17.5 Å². The molecule has 0 bridgehead atoms. The predicted molar refractivity (Wildman–Crippen MR) is 101 cm³/mol. The van der Waals surface area contributed by atoms with Crippen LogP contribution in [0.4, 0.5) is 17.3 Å². The SMILES string of the molecule is Cc1cc(NC(=O)C(C)Sc2nc(N)cc(N)n2)c2ccccc2n1. The van der Waals surface area contributed by atoms with Crippen LogP contribution < -0.4 is 16.8 Å². The highest BCUT2D eigenvalue weighted by molar-refractivity contribution is 8.00. The molecule has 0 radical (unpaired) electrons. The molecule has 5 N–H and O–H groups in total. The number of fused-ring (bicyclic) bond motifs is 1. The average Bonchev–Trinajstić information content (AvgIpc) is 2.53. The highest BCUT2D eigenvalue weighted by Crippen LogP contribution is 2.26. The van der Waals surface area contributed by atoms with Crippen molar-refractivity contribution in [1.29, 1.82) is 0 Å². The molecule has 7 nitrogen and oxygen atoms in total. The van der Waals surface area contributed by atoms with Gasteiger partial charge in [-0.15, -0.1) is 0 Å². The Bertz CT molecular complexity index is 925. The summed E-state index contributed by atoms with van der Waals surface area (Å²) < 4.78 is 0. The van der Waals surface area contributed by atoms with E-state index in [0.717, 1.165) is 22.3 Å². The number of nitrogen functional groups attached to an aromatic ring is 2. The molecule has 2 heterocycles. The topological polar surface area (TPSA) is 120 Å². The van der Waals surface area contributed by atoms with Crippen molar-refractivity contribution in [2.75, 3.05) is 16.8 Å². The van der Waals surface area contributed by atoms with Gasteiger partial charge in [0.15, 0.2) is 5.16 Å². The Morgan fingerprint density at radius 2 is 1.80 bits per heavy atom. The first-order valence-corrected chi connectivity index (χ1v) is 8.54. The standard InChI is InChI=1S/C17H18N6OS/c1-9-7-13(11-5-3-4-6-12(11)20-9)21-16(24)10(2)25-17-22-14(18)8-15(19)23-17/h3-8,10H,1-2H3,(H,20,21,24)(H4,18,19,22,23). The first-order valence-electron chi connectivity index (χ1n) is 7.66. The van der Waals surface area contributed by atoms with E-state index in [0.29, 0.717) is 5.16 Å². The van der Waals surface area contributed by atoms with E-state index >= 15 is 0 Å². The van der Waals surface area contributed by atoms with Gasteiger partial charge in [-0.2, -0.15) is 0 Å². The molecule has 0 spiro atoms. The third-order valence-electron chi connectivity index (χ3n) is 3.50. The van der Waals surface area contributed by atoms with Gasteiger partial charge in [-0.1, -0.05) is 30.0 Å². The zero-order chi connectivity index (χ0) is 18.0. The van der Waals surface area contributed by atoms with Crippen LogP contribution in [0.2, 0.25) is 0 Å². The highest BCUT2D eigenvalue weighted by atomic mass is 32.2. The molecule has 8 heteroatoms. The Hall–Kier alpha value is -2.87. The van der Waals surface area contributed by atoms with E-state index < -0.39 is 5.25 Å². The number of nitrogens with two attached hydrogens (primary N) is 2. The summed E-state index contributed by atoms with van der Waals surface area (Å²) in [7, 11) is 0. The van der Waals surface area contributed by atoms with Crippen LogP contribution in [0.15, 0.2) is 41.6 Å². The lowest BCUT2D eigenvalue weighted by molar-refractivity contribution is -0.115. The molecular weight excluding hydrogens is 336 g/mol. The maximum Gasteiger partial charge on any atom is 0.237 e. The zero-order valence-electron chi connectivity index (χ0n) is 13.9. The number of hydrogen-bond acceptors (Lipinski definition) is 7. The molecule has 3 aromatic rings. The van der Waals surface area contributed by atoms with Crippen LogP contribution in [-0.4, -0.2) is 26.1 Å². The van der Waals surface area contributed by atoms with Gasteiger partial charge >= 0.3 is 0 Å². The van der Waals surface area contributed by atoms with Crippen molar-refractivity contribution < 1.29 is 4.79 Å². The van der Waals surface area contributed by atoms with Crippen molar-refractivity contribution in [2.24, 2.45) is 0 Å². The number of rotatable bonds is 4. The molecule has 25 heavy (non-hydrogen) atoms. The molecular formula is C17H18N6OS. The van der Waals surface area contributed by atoms with Crippen molar-refractivity contribution in [2.45, 2.75) is 24.3 Å². The normalized spacial score (nSPS) is 12.1. The summed E-state index contributed by atoms with van der Waals surface area (Å²) in [6, 6.07) is 11.0. The lowest BCUT2D eigenvalue weighted by Gasteiger charge is -2.13. The fourth-order valence-corrected chi connectivity index (χ4v) is 3.17. The van der Waals surface area contributed by atoms with Crippen LogP contribution in [0.5, 0.6) is 0 Å². The first kappa shape index (κ1) is 17.0. The van der Waals surface area contributed by atoms with Crippen LogP contribution in [-0.2, 0) is 4.79 Å². The van der Waals surface area contributed by atoms with Gasteiger partial charge in [0.05, 0.1) is 16.5 Å². The molecule has 3 rings (SSSR count). The number of para-hydroxylation sites is 1. The Morgan fingerprint density at radius 3 is 2.52 bits per heavy atom. The number of thioether (sulfide) groups is 1. The summed E-state index contributed by atoms with van der Waals surface area (Å²) in [5, 5.41) is 3.80. The first-order chi connectivity index (χ1) is 11.9. The molecule has 0 aliphatic carbocycles. The molecule has 1 unspecified atom stereocenters. The Morgan fingerprint density at radius 1 is 1.12 bits per heavy atom. The van der Waals surface area contributed by atoms with Crippen molar-refractivity contribution in [3.8, 4) is 0 Å². The average molecular weight is 354 g/mol. The van der Waals surface area contributed by atoms with Gasteiger partial charge in [0.2, 0.25) is 5.91 Å².